The maximum Gasteiger partial charge on any atom is 0.304 e. The molecule has 0 spiro atoms. The molecule has 0 radical (unpaired) electrons. The maximum atomic E-state index is 10.6. The van der Waals surface area contributed by atoms with E-state index >= 15 is 0 Å². The molecule has 3 nitrogen and oxygen atoms in total. The van der Waals surface area contributed by atoms with Gasteiger partial charge in [0.25, 0.3) is 0 Å². The zero-order chi connectivity index (χ0) is 7.56. The van der Waals surface area contributed by atoms with Crippen molar-refractivity contribution in [3.8, 4) is 0 Å². The minimum absolute atomic E-state index is 0.437. The minimum Gasteiger partial charge on any atom is -0.268 e. The van der Waals surface area contributed by atoms with Gasteiger partial charge in [-0.25, -0.2) is 0 Å². The van der Waals surface area contributed by atoms with Crippen LogP contribution in [0, 0.1) is 11.8 Å². The quantitative estimate of drug-likeness (QED) is 0.533. The molecule has 2 atom stereocenters. The van der Waals surface area contributed by atoms with Crippen molar-refractivity contribution in [1.29, 1.82) is 0 Å². The number of hydrogen-bond donors (Lipinski definition) is 0. The van der Waals surface area contributed by atoms with Gasteiger partial charge >= 0.3 is 11.4 Å². The molecule has 1 aliphatic rings. The van der Waals surface area contributed by atoms with Crippen LogP contribution in [0.1, 0.15) is 13.8 Å². The summed E-state index contributed by atoms with van der Waals surface area (Å²) in [5.74, 6) is 0.873. The van der Waals surface area contributed by atoms with Crippen molar-refractivity contribution >= 4 is 11.4 Å². The lowest BCUT2D eigenvalue weighted by Crippen LogP contribution is -2.13. The Balaban J connectivity index is 2.46. The Bertz CT molecular complexity index is 123. The van der Waals surface area contributed by atoms with Crippen molar-refractivity contribution in [2.24, 2.45) is 11.8 Å². The van der Waals surface area contributed by atoms with E-state index in [0.29, 0.717) is 25.0 Å². The molecule has 4 heteroatoms. The van der Waals surface area contributed by atoms with Gasteiger partial charge in [-0.15, -0.1) is 0 Å². The lowest BCUT2D eigenvalue weighted by atomic mass is 9.98. The molecule has 1 fully saturated rings. The minimum atomic E-state index is -1.50. The van der Waals surface area contributed by atoms with Gasteiger partial charge in [0.1, 0.15) is 0 Å². The van der Waals surface area contributed by atoms with Crippen molar-refractivity contribution in [1.82, 2.24) is 0 Å². The molecule has 0 aromatic carbocycles. The Morgan fingerprint density at radius 2 is 1.60 bits per heavy atom. The van der Waals surface area contributed by atoms with Gasteiger partial charge in [0.05, 0.1) is 13.2 Å². The molecule has 0 N–H and O–H groups in total. The number of hydrogen-bond acceptors (Lipinski definition) is 3. The van der Waals surface area contributed by atoms with E-state index in [0.717, 1.165) is 0 Å². The molecular formula is C6H12O3S. The van der Waals surface area contributed by atoms with Gasteiger partial charge in [-0.3, -0.25) is 8.37 Å². The zero-order valence-electron chi connectivity index (χ0n) is 6.20. The largest absolute Gasteiger partial charge is 0.304 e. The van der Waals surface area contributed by atoms with Gasteiger partial charge in [0.15, 0.2) is 0 Å². The SMILES string of the molecule is CC1COS(=O)OCC1C. The zero-order valence-corrected chi connectivity index (χ0v) is 7.02. The van der Waals surface area contributed by atoms with Gasteiger partial charge in [-0.05, 0) is 11.8 Å². The Morgan fingerprint density at radius 1 is 1.20 bits per heavy atom. The second kappa shape index (κ2) is 3.46. The van der Waals surface area contributed by atoms with Crippen LogP contribution in [0.4, 0.5) is 0 Å². The molecule has 1 aliphatic heterocycles. The first-order chi connectivity index (χ1) is 4.70. The van der Waals surface area contributed by atoms with E-state index in [-0.39, 0.29) is 0 Å². The van der Waals surface area contributed by atoms with Crippen LogP contribution in [0.2, 0.25) is 0 Å². The molecular weight excluding hydrogens is 152 g/mol. The highest BCUT2D eigenvalue weighted by Gasteiger charge is 2.19. The van der Waals surface area contributed by atoms with Gasteiger partial charge in [0, 0.05) is 0 Å². The van der Waals surface area contributed by atoms with E-state index in [1.807, 2.05) is 0 Å². The highest BCUT2D eigenvalue weighted by Crippen LogP contribution is 2.16. The van der Waals surface area contributed by atoms with Crippen LogP contribution in [0.5, 0.6) is 0 Å². The molecule has 1 saturated heterocycles. The van der Waals surface area contributed by atoms with Crippen molar-refractivity contribution < 1.29 is 12.6 Å². The smallest absolute Gasteiger partial charge is 0.268 e. The normalized spacial score (nSPS) is 42.8. The van der Waals surface area contributed by atoms with E-state index in [2.05, 4.69) is 13.8 Å². The molecule has 1 rings (SSSR count). The van der Waals surface area contributed by atoms with E-state index in [1.165, 1.54) is 0 Å². The summed E-state index contributed by atoms with van der Waals surface area (Å²) >= 11 is -1.50. The topological polar surface area (TPSA) is 35.5 Å². The molecule has 0 aliphatic carbocycles. The lowest BCUT2D eigenvalue weighted by Gasteiger charge is -2.11. The van der Waals surface area contributed by atoms with E-state index in [9.17, 15) is 4.21 Å². The molecule has 60 valence electrons. The Kier molecular flexibility index (Phi) is 2.82. The average molecular weight is 164 g/mol. The van der Waals surface area contributed by atoms with E-state index in [1.54, 1.807) is 0 Å². The molecule has 2 unspecified atom stereocenters. The lowest BCUT2D eigenvalue weighted by molar-refractivity contribution is 0.240. The summed E-state index contributed by atoms with van der Waals surface area (Å²) in [4.78, 5) is 0. The summed E-state index contributed by atoms with van der Waals surface area (Å²) in [6.45, 7) is 5.20. The van der Waals surface area contributed by atoms with Crippen molar-refractivity contribution in [3.63, 3.8) is 0 Å². The molecule has 1 heterocycles. The summed E-state index contributed by atoms with van der Waals surface area (Å²) in [6, 6.07) is 0. The first kappa shape index (κ1) is 8.17. The molecule has 0 saturated carbocycles. The van der Waals surface area contributed by atoms with Crippen LogP contribution in [-0.2, 0) is 19.7 Å². The fraction of sp³-hybridized carbons (Fsp3) is 1.00. The fourth-order valence-corrected chi connectivity index (χ4v) is 1.41. The van der Waals surface area contributed by atoms with Gasteiger partial charge in [-0.2, -0.15) is 4.21 Å². The van der Waals surface area contributed by atoms with Gasteiger partial charge in [-0.1, -0.05) is 13.8 Å². The predicted molar refractivity (Wildman–Crippen MR) is 38.4 cm³/mol. The first-order valence-corrected chi connectivity index (χ1v) is 4.38. The first-order valence-electron chi connectivity index (χ1n) is 3.38. The van der Waals surface area contributed by atoms with E-state index in [4.69, 9.17) is 8.37 Å². The molecule has 0 amide bonds. The van der Waals surface area contributed by atoms with Crippen LogP contribution in [0.25, 0.3) is 0 Å². The Morgan fingerprint density at radius 3 is 2.00 bits per heavy atom. The average Bonchev–Trinajstić information content (AvgIpc) is 2.04. The third-order valence-electron chi connectivity index (χ3n) is 1.83. The summed E-state index contributed by atoms with van der Waals surface area (Å²) in [5.41, 5.74) is 0. The van der Waals surface area contributed by atoms with E-state index < -0.39 is 11.4 Å². The summed E-state index contributed by atoms with van der Waals surface area (Å²) in [7, 11) is 0. The van der Waals surface area contributed by atoms with Crippen molar-refractivity contribution in [3.05, 3.63) is 0 Å². The summed E-state index contributed by atoms with van der Waals surface area (Å²) in [5, 5.41) is 0. The maximum absolute atomic E-state index is 10.6. The van der Waals surface area contributed by atoms with Gasteiger partial charge < -0.3 is 0 Å². The van der Waals surface area contributed by atoms with Crippen molar-refractivity contribution in [2.75, 3.05) is 13.2 Å². The third kappa shape index (κ3) is 2.04. The summed E-state index contributed by atoms with van der Waals surface area (Å²) < 4.78 is 20.3. The summed E-state index contributed by atoms with van der Waals surface area (Å²) in [6.07, 6.45) is 0. The van der Waals surface area contributed by atoms with Gasteiger partial charge in [0.2, 0.25) is 0 Å². The molecule has 0 aromatic heterocycles. The Labute approximate surface area is 63.6 Å². The van der Waals surface area contributed by atoms with Crippen LogP contribution in [0.3, 0.4) is 0 Å². The van der Waals surface area contributed by atoms with Crippen LogP contribution >= 0.6 is 0 Å². The van der Waals surface area contributed by atoms with Crippen LogP contribution < -0.4 is 0 Å². The standard InChI is InChI=1S/C6H12O3S/c1-5-3-8-10(7)9-4-6(5)2/h5-6H,3-4H2,1-2H3. The third-order valence-corrected chi connectivity index (χ3v) is 2.48. The molecule has 10 heavy (non-hydrogen) atoms. The Hall–Kier alpha value is 0.0700. The predicted octanol–water partition coefficient (Wildman–Crippen LogP) is 0.884. The van der Waals surface area contributed by atoms with Crippen LogP contribution in [0.15, 0.2) is 0 Å². The van der Waals surface area contributed by atoms with Crippen LogP contribution in [-0.4, -0.2) is 17.4 Å². The second-order valence-electron chi connectivity index (χ2n) is 2.73. The molecule has 0 aromatic rings. The highest BCUT2D eigenvalue weighted by atomic mass is 32.2. The number of rotatable bonds is 0. The van der Waals surface area contributed by atoms with Crippen molar-refractivity contribution in [2.45, 2.75) is 13.8 Å². The monoisotopic (exact) mass is 164 g/mol. The highest BCUT2D eigenvalue weighted by molar-refractivity contribution is 7.75. The fourth-order valence-electron chi connectivity index (χ4n) is 0.688. The second-order valence-corrected chi connectivity index (χ2v) is 3.61. The molecule has 0 bridgehead atoms.